The average molecular weight is 324 g/mol. The third-order valence-corrected chi connectivity index (χ3v) is 4.16. The van der Waals surface area contributed by atoms with Crippen molar-refractivity contribution in [3.05, 3.63) is 29.3 Å². The van der Waals surface area contributed by atoms with Crippen LogP contribution in [0.25, 0.3) is 0 Å². The van der Waals surface area contributed by atoms with E-state index in [1.54, 1.807) is 0 Å². The van der Waals surface area contributed by atoms with Crippen molar-refractivity contribution in [2.75, 3.05) is 0 Å². The van der Waals surface area contributed by atoms with Gasteiger partial charge in [0.2, 0.25) is 0 Å². The molecule has 0 saturated carbocycles. The Morgan fingerprint density at radius 2 is 1.55 bits per heavy atom. The molecule has 2 unspecified atom stereocenters. The highest BCUT2D eigenvalue weighted by atomic mass is 31.0. The Labute approximate surface area is 141 Å². The lowest BCUT2D eigenvalue weighted by atomic mass is 9.77. The number of aromatic hydroxyl groups is 1. The summed E-state index contributed by atoms with van der Waals surface area (Å²) >= 11 is 0. The first-order valence-corrected chi connectivity index (χ1v) is 9.22. The predicted molar refractivity (Wildman–Crippen MR) is 104 cm³/mol. The Balaban J connectivity index is 0.000000980. The van der Waals surface area contributed by atoms with Gasteiger partial charge in [-0.2, -0.15) is 0 Å². The van der Waals surface area contributed by atoms with Gasteiger partial charge in [0.05, 0.1) is 0 Å². The van der Waals surface area contributed by atoms with Crippen LogP contribution in [0, 0.1) is 0 Å². The Bertz CT molecular complexity index is 440. The van der Waals surface area contributed by atoms with Crippen molar-refractivity contribution < 1.29 is 5.11 Å². The third-order valence-electron chi connectivity index (χ3n) is 3.92. The first-order chi connectivity index (χ1) is 9.95. The van der Waals surface area contributed by atoms with Gasteiger partial charge in [0.15, 0.2) is 0 Å². The van der Waals surface area contributed by atoms with E-state index in [2.05, 4.69) is 70.7 Å². The summed E-state index contributed by atoms with van der Waals surface area (Å²) in [4.78, 5) is 0. The first-order valence-electron chi connectivity index (χ1n) is 8.55. The van der Waals surface area contributed by atoms with Gasteiger partial charge in [-0.25, -0.2) is 0 Å². The minimum atomic E-state index is -0.00743. The second-order valence-electron chi connectivity index (χ2n) is 8.05. The number of phenols is 1. The van der Waals surface area contributed by atoms with Crippen LogP contribution in [0.1, 0.15) is 85.8 Å². The molecule has 22 heavy (non-hydrogen) atoms. The van der Waals surface area contributed by atoms with Gasteiger partial charge in [-0.3, -0.25) is 0 Å². The summed E-state index contributed by atoms with van der Waals surface area (Å²) < 4.78 is 0. The van der Waals surface area contributed by atoms with Crippen molar-refractivity contribution >= 4 is 9.24 Å². The molecule has 1 nitrogen and oxygen atoms in total. The van der Waals surface area contributed by atoms with E-state index < -0.39 is 0 Å². The maximum Gasteiger partial charge on any atom is 0.119 e. The zero-order chi connectivity index (χ0) is 17.6. The first kappa shape index (κ1) is 21.4. The molecule has 0 heterocycles. The van der Waals surface area contributed by atoms with Crippen molar-refractivity contribution in [3.63, 3.8) is 0 Å². The normalized spacial score (nSPS) is 13.3. The van der Waals surface area contributed by atoms with E-state index in [1.807, 2.05) is 12.1 Å². The summed E-state index contributed by atoms with van der Waals surface area (Å²) in [5, 5.41) is 10.1. The lowest BCUT2D eigenvalue weighted by Gasteiger charge is -2.30. The molecule has 0 spiro atoms. The lowest BCUT2D eigenvalue weighted by Crippen LogP contribution is -2.22. The molecule has 0 aliphatic carbocycles. The standard InChI is InChI=1S/C16H27OP.C4H10/c1-11(18)10-16(5,6)13-9-12(15(2,3)4)7-8-14(13)17;1-3-4-2/h7-9,11,17H,10,18H2,1-6H3;3-4H2,1-2H3. The van der Waals surface area contributed by atoms with Crippen molar-refractivity contribution in [3.8, 4) is 5.75 Å². The largest absolute Gasteiger partial charge is 0.508 e. The molecule has 2 heteroatoms. The zero-order valence-electron chi connectivity index (χ0n) is 16.0. The smallest absolute Gasteiger partial charge is 0.119 e. The van der Waals surface area contributed by atoms with Gasteiger partial charge in [-0.1, -0.05) is 80.4 Å². The lowest BCUT2D eigenvalue weighted by molar-refractivity contribution is 0.418. The van der Waals surface area contributed by atoms with Gasteiger partial charge in [0, 0.05) is 0 Å². The van der Waals surface area contributed by atoms with Crippen molar-refractivity contribution in [2.24, 2.45) is 0 Å². The van der Waals surface area contributed by atoms with Gasteiger partial charge in [-0.15, -0.1) is 9.24 Å². The minimum absolute atomic E-state index is 0.00743. The molecule has 2 atom stereocenters. The fraction of sp³-hybridized carbons (Fsp3) is 0.700. The second kappa shape index (κ2) is 8.92. The van der Waals surface area contributed by atoms with E-state index in [4.69, 9.17) is 0 Å². The van der Waals surface area contributed by atoms with E-state index >= 15 is 0 Å². The molecule has 1 N–H and O–H groups in total. The summed E-state index contributed by atoms with van der Waals surface area (Å²) in [7, 11) is 2.84. The molecule has 1 aromatic carbocycles. The highest BCUT2D eigenvalue weighted by Crippen LogP contribution is 2.38. The SMILES string of the molecule is CC(P)CC(C)(C)c1cc(C(C)(C)C)ccc1O.CCCC. The number of phenolic OH excluding ortho intramolecular Hbond substituents is 1. The van der Waals surface area contributed by atoms with Crippen molar-refractivity contribution in [1.29, 1.82) is 0 Å². The maximum atomic E-state index is 10.1. The van der Waals surface area contributed by atoms with Crippen LogP contribution in [0.3, 0.4) is 0 Å². The topological polar surface area (TPSA) is 20.2 Å². The molecule has 0 amide bonds. The monoisotopic (exact) mass is 324 g/mol. The van der Waals surface area contributed by atoms with Crippen LogP contribution in [0.2, 0.25) is 0 Å². The van der Waals surface area contributed by atoms with E-state index in [1.165, 1.54) is 18.4 Å². The maximum absolute atomic E-state index is 10.1. The third kappa shape index (κ3) is 7.14. The van der Waals surface area contributed by atoms with Gasteiger partial charge < -0.3 is 5.11 Å². The fourth-order valence-electron chi connectivity index (χ4n) is 2.46. The molecule has 0 aliphatic heterocycles. The Hall–Kier alpha value is -0.550. The second-order valence-corrected chi connectivity index (χ2v) is 9.19. The van der Waals surface area contributed by atoms with Crippen LogP contribution in [-0.2, 0) is 10.8 Å². The molecule has 0 bridgehead atoms. The van der Waals surface area contributed by atoms with Crippen LogP contribution in [-0.4, -0.2) is 10.8 Å². The van der Waals surface area contributed by atoms with E-state index in [-0.39, 0.29) is 10.8 Å². The molecule has 128 valence electrons. The van der Waals surface area contributed by atoms with Crippen LogP contribution < -0.4 is 0 Å². The highest BCUT2D eigenvalue weighted by molar-refractivity contribution is 7.17. The molecule has 0 saturated heterocycles. The average Bonchev–Trinajstić information content (AvgIpc) is 2.36. The fourth-order valence-corrected chi connectivity index (χ4v) is 3.05. The number of hydrogen-bond donors (Lipinski definition) is 1. The molecular formula is C20H37OP. The minimum Gasteiger partial charge on any atom is -0.508 e. The molecular weight excluding hydrogens is 287 g/mol. The summed E-state index contributed by atoms with van der Waals surface area (Å²) in [6.45, 7) is 17.6. The Kier molecular flexibility index (Phi) is 8.70. The highest BCUT2D eigenvalue weighted by Gasteiger charge is 2.27. The van der Waals surface area contributed by atoms with Crippen LogP contribution in [0.15, 0.2) is 18.2 Å². The predicted octanol–water partition coefficient (Wildman–Crippen LogP) is 6.43. The van der Waals surface area contributed by atoms with Crippen LogP contribution in [0.4, 0.5) is 0 Å². The summed E-state index contributed by atoms with van der Waals surface area (Å²) in [5.74, 6) is 0.415. The molecule has 0 aromatic heterocycles. The summed E-state index contributed by atoms with van der Waals surface area (Å²) in [6.07, 6.45) is 3.68. The molecule has 1 aromatic rings. The van der Waals surface area contributed by atoms with Crippen LogP contribution >= 0.6 is 9.24 Å². The van der Waals surface area contributed by atoms with Crippen molar-refractivity contribution in [1.82, 2.24) is 0 Å². The van der Waals surface area contributed by atoms with Gasteiger partial charge in [0.25, 0.3) is 0 Å². The van der Waals surface area contributed by atoms with Gasteiger partial charge >= 0.3 is 0 Å². The van der Waals surface area contributed by atoms with Gasteiger partial charge in [0.1, 0.15) is 5.75 Å². The Morgan fingerprint density at radius 1 is 1.05 bits per heavy atom. The quantitative estimate of drug-likeness (QED) is 0.633. The number of unbranched alkanes of at least 4 members (excludes halogenated alkanes) is 1. The van der Waals surface area contributed by atoms with Crippen LogP contribution in [0.5, 0.6) is 5.75 Å². The number of hydrogen-bond acceptors (Lipinski definition) is 1. The molecule has 1 rings (SSSR count). The zero-order valence-corrected chi connectivity index (χ0v) is 17.1. The summed E-state index contributed by atoms with van der Waals surface area (Å²) in [6, 6.07) is 6.03. The summed E-state index contributed by atoms with van der Waals surface area (Å²) in [5.41, 5.74) is 2.99. The van der Waals surface area contributed by atoms with E-state index in [0.29, 0.717) is 11.4 Å². The molecule has 0 fully saturated rings. The van der Waals surface area contributed by atoms with E-state index in [0.717, 1.165) is 12.0 Å². The van der Waals surface area contributed by atoms with E-state index in [9.17, 15) is 5.11 Å². The number of benzene rings is 1. The number of rotatable bonds is 4. The molecule has 0 aliphatic rings. The van der Waals surface area contributed by atoms with Crippen molar-refractivity contribution in [2.45, 2.75) is 91.1 Å². The van der Waals surface area contributed by atoms with Gasteiger partial charge in [-0.05, 0) is 40.1 Å². The Morgan fingerprint density at radius 3 is 1.91 bits per heavy atom. The molecule has 0 radical (unpaired) electrons.